The fourth-order valence-electron chi connectivity index (χ4n) is 5.41. The number of alkyl carbamates (subject to hydrolysis) is 1. The number of amides is 2. The second-order valence-corrected chi connectivity index (χ2v) is 15.0. The van der Waals surface area contributed by atoms with Crippen molar-refractivity contribution in [2.24, 2.45) is 5.73 Å². The van der Waals surface area contributed by atoms with Crippen LogP contribution in [0.3, 0.4) is 0 Å². The van der Waals surface area contributed by atoms with Crippen LogP contribution in [0.5, 0.6) is 5.75 Å². The Balaban J connectivity index is 1.05. The number of ether oxygens (including phenoxy) is 3. The third-order valence-corrected chi connectivity index (χ3v) is 11.2. The first-order valence-electron chi connectivity index (χ1n) is 14.2. The first-order valence-corrected chi connectivity index (χ1v) is 17.3. The maximum absolute atomic E-state index is 13.3. The van der Waals surface area contributed by atoms with E-state index in [1.54, 1.807) is 6.07 Å². The van der Waals surface area contributed by atoms with Gasteiger partial charge in [-0.25, -0.2) is 21.6 Å². The van der Waals surface area contributed by atoms with Crippen LogP contribution in [0.1, 0.15) is 19.3 Å². The fraction of sp³-hybridized carbons (Fsp3) is 0.414. The average Bonchev–Trinajstić information content (AvgIpc) is 3.39. The molecule has 0 aliphatic carbocycles. The van der Waals surface area contributed by atoms with Gasteiger partial charge in [-0.3, -0.25) is 9.78 Å². The van der Waals surface area contributed by atoms with Gasteiger partial charge < -0.3 is 30.4 Å². The summed E-state index contributed by atoms with van der Waals surface area (Å²) >= 11 is 0. The number of benzene rings is 2. The van der Waals surface area contributed by atoms with Gasteiger partial charge in [0, 0.05) is 24.7 Å². The highest BCUT2D eigenvalue weighted by Gasteiger charge is 2.45. The van der Waals surface area contributed by atoms with Crippen LogP contribution < -0.4 is 15.8 Å². The number of carbonyl (C=O) groups excluding carboxylic acids is 2. The van der Waals surface area contributed by atoms with Gasteiger partial charge in [0.1, 0.15) is 35.7 Å². The minimum atomic E-state index is -3.93. The van der Waals surface area contributed by atoms with Crippen LogP contribution in [-0.4, -0.2) is 99.6 Å². The van der Waals surface area contributed by atoms with E-state index in [1.165, 1.54) is 34.8 Å². The van der Waals surface area contributed by atoms with Crippen molar-refractivity contribution in [1.82, 2.24) is 14.6 Å². The number of fused-ring (bicyclic) bond motifs is 1. The maximum Gasteiger partial charge on any atom is 0.407 e. The summed E-state index contributed by atoms with van der Waals surface area (Å²) < 4.78 is 69.0. The molecule has 2 aliphatic rings. The number of nitrogens with zero attached hydrogens (tertiary/aromatic N) is 2. The zero-order chi connectivity index (χ0) is 32.2. The van der Waals surface area contributed by atoms with E-state index in [9.17, 15) is 31.5 Å². The molecule has 2 aromatic carbocycles. The van der Waals surface area contributed by atoms with Crippen molar-refractivity contribution < 1.29 is 45.7 Å². The molecule has 14 nitrogen and oxygen atoms in total. The number of para-hydroxylation sites is 1. The van der Waals surface area contributed by atoms with Crippen molar-refractivity contribution >= 4 is 42.8 Å². The quantitative estimate of drug-likeness (QED) is 0.264. The number of hydrogen-bond acceptors (Lipinski definition) is 11. The average molecular weight is 663 g/mol. The van der Waals surface area contributed by atoms with Crippen LogP contribution in [0.15, 0.2) is 70.6 Å². The van der Waals surface area contributed by atoms with Crippen molar-refractivity contribution in [3.05, 3.63) is 60.8 Å². The summed E-state index contributed by atoms with van der Waals surface area (Å²) in [7, 11) is -7.66. The van der Waals surface area contributed by atoms with E-state index in [-0.39, 0.29) is 54.5 Å². The molecule has 45 heavy (non-hydrogen) atoms. The lowest BCUT2D eigenvalue weighted by atomic mass is 9.88. The number of carbonyl (C=O) groups is 2. The normalized spacial score (nSPS) is 19.3. The molecule has 3 aromatic rings. The van der Waals surface area contributed by atoms with Crippen molar-refractivity contribution in [3.63, 3.8) is 0 Å². The van der Waals surface area contributed by atoms with Gasteiger partial charge in [0.2, 0.25) is 15.9 Å². The molecule has 4 N–H and O–H groups in total. The summed E-state index contributed by atoms with van der Waals surface area (Å²) in [5.41, 5.74) is 5.13. The van der Waals surface area contributed by atoms with E-state index in [0.717, 1.165) is 5.39 Å². The van der Waals surface area contributed by atoms with Gasteiger partial charge in [-0.1, -0.05) is 24.3 Å². The molecule has 2 amide bonds. The lowest BCUT2D eigenvalue weighted by molar-refractivity contribution is -0.115. The number of sulfonamides is 1. The van der Waals surface area contributed by atoms with Crippen molar-refractivity contribution in [1.29, 1.82) is 0 Å². The van der Waals surface area contributed by atoms with Crippen LogP contribution >= 0.6 is 0 Å². The van der Waals surface area contributed by atoms with Crippen molar-refractivity contribution in [3.8, 4) is 5.75 Å². The Morgan fingerprint density at radius 1 is 1.07 bits per heavy atom. The van der Waals surface area contributed by atoms with Crippen LogP contribution in [0.25, 0.3) is 10.9 Å². The molecule has 5 rings (SSSR count). The molecule has 3 heterocycles. The van der Waals surface area contributed by atoms with E-state index in [1.807, 2.05) is 24.3 Å². The Hall–Kier alpha value is -3.83. The third-order valence-electron chi connectivity index (χ3n) is 7.71. The molecule has 16 heteroatoms. The Morgan fingerprint density at radius 3 is 2.58 bits per heavy atom. The summed E-state index contributed by atoms with van der Waals surface area (Å²) in [6.45, 7) is 0.0751. The second-order valence-electron chi connectivity index (χ2n) is 11.1. The molecule has 2 saturated heterocycles. The number of piperidine rings is 1. The first-order chi connectivity index (χ1) is 21.3. The maximum atomic E-state index is 13.3. The van der Waals surface area contributed by atoms with E-state index in [4.69, 9.17) is 19.9 Å². The zero-order valence-electron chi connectivity index (χ0n) is 24.2. The predicted octanol–water partition coefficient (Wildman–Crippen LogP) is 0.972. The summed E-state index contributed by atoms with van der Waals surface area (Å²) in [5.74, 6) is -1.71. The summed E-state index contributed by atoms with van der Waals surface area (Å²) in [4.78, 5) is 27.7. The van der Waals surface area contributed by atoms with E-state index >= 15 is 0 Å². The standard InChI is InChI=1S/C29H34N4O10S2/c30-27(35)19-44(37,38)24-6-3-5-23(13-24)41-17-22(34)18-42-28(36)32-21-14-29(43-16-21)8-10-33(11-9-29)45(39,40)25-12-20-4-1-2-7-26(20)31-15-25/h1-7,12-13,15,21-22,34H,8-11,14,16-19H2,(H2,30,35)(H,32,36)/t21-,22?/m1/s1. The number of aliphatic hydroxyl groups excluding tert-OH is 1. The highest BCUT2D eigenvalue weighted by molar-refractivity contribution is 7.92. The van der Waals surface area contributed by atoms with Gasteiger partial charge in [0.15, 0.2) is 9.84 Å². The lowest BCUT2D eigenvalue weighted by Gasteiger charge is -2.37. The lowest BCUT2D eigenvalue weighted by Crippen LogP contribution is -2.47. The Labute approximate surface area is 260 Å². The van der Waals surface area contributed by atoms with Gasteiger partial charge >= 0.3 is 6.09 Å². The second kappa shape index (κ2) is 13.3. The van der Waals surface area contributed by atoms with Crippen LogP contribution in [-0.2, 0) is 34.1 Å². The highest BCUT2D eigenvalue weighted by atomic mass is 32.2. The molecule has 0 bridgehead atoms. The van der Waals surface area contributed by atoms with Crippen LogP contribution in [0, 0.1) is 0 Å². The molecule has 242 valence electrons. The van der Waals surface area contributed by atoms with Gasteiger partial charge in [0.05, 0.1) is 28.7 Å². The van der Waals surface area contributed by atoms with Crippen molar-refractivity contribution in [2.45, 2.75) is 46.8 Å². The number of hydrogen-bond donors (Lipinski definition) is 3. The van der Waals surface area contributed by atoms with Crippen LogP contribution in [0.4, 0.5) is 4.79 Å². The Kier molecular flexibility index (Phi) is 9.60. The van der Waals surface area contributed by atoms with Crippen LogP contribution in [0.2, 0.25) is 0 Å². The number of nitrogens with two attached hydrogens (primary N) is 1. The minimum Gasteiger partial charge on any atom is -0.491 e. The molecule has 2 aliphatic heterocycles. The molecule has 0 radical (unpaired) electrons. The molecular weight excluding hydrogens is 628 g/mol. The number of nitrogens with one attached hydrogen (secondary N) is 1. The highest BCUT2D eigenvalue weighted by Crippen LogP contribution is 2.37. The summed E-state index contributed by atoms with van der Waals surface area (Å²) in [6.07, 6.45) is 0.805. The number of rotatable bonds is 11. The zero-order valence-corrected chi connectivity index (χ0v) is 25.8. The molecule has 2 fully saturated rings. The van der Waals surface area contributed by atoms with Gasteiger partial charge in [-0.2, -0.15) is 4.31 Å². The smallest absolute Gasteiger partial charge is 0.407 e. The van der Waals surface area contributed by atoms with Gasteiger partial charge in [-0.05, 0) is 49.6 Å². The molecular formula is C29H34N4O10S2. The fourth-order valence-corrected chi connectivity index (χ4v) is 7.96. The van der Waals surface area contributed by atoms with E-state index in [2.05, 4.69) is 10.3 Å². The SMILES string of the molecule is NC(=O)CS(=O)(=O)c1cccc(OCC(O)COC(=O)N[C@H]2COC3(CCN(S(=O)(=O)c4cnc5ccccc5c4)CC3)C2)c1. The number of primary amides is 1. The molecule has 1 unspecified atom stereocenters. The van der Waals surface area contributed by atoms with E-state index in [0.29, 0.717) is 24.8 Å². The predicted molar refractivity (Wildman–Crippen MR) is 160 cm³/mol. The number of sulfone groups is 1. The topological polar surface area (TPSA) is 205 Å². The number of aliphatic hydroxyl groups is 1. The van der Waals surface area contributed by atoms with Gasteiger partial charge in [0.25, 0.3) is 0 Å². The molecule has 0 saturated carbocycles. The Bertz CT molecular complexity index is 1780. The molecule has 1 spiro atoms. The largest absolute Gasteiger partial charge is 0.491 e. The Morgan fingerprint density at radius 2 is 1.82 bits per heavy atom. The van der Waals surface area contributed by atoms with Gasteiger partial charge in [-0.15, -0.1) is 0 Å². The summed E-state index contributed by atoms with van der Waals surface area (Å²) in [5, 5.41) is 13.7. The molecule has 2 atom stereocenters. The third kappa shape index (κ3) is 7.88. The van der Waals surface area contributed by atoms with Crippen molar-refractivity contribution in [2.75, 3.05) is 38.7 Å². The first kappa shape index (κ1) is 32.6. The number of pyridine rings is 1. The number of aromatic nitrogens is 1. The summed E-state index contributed by atoms with van der Waals surface area (Å²) in [6, 6.07) is 14.0. The monoisotopic (exact) mass is 662 g/mol. The minimum absolute atomic E-state index is 0.130. The van der Waals surface area contributed by atoms with E-state index < -0.39 is 49.3 Å². The molecule has 1 aromatic heterocycles.